The lowest BCUT2D eigenvalue weighted by atomic mass is 10.0. The van der Waals surface area contributed by atoms with Crippen molar-refractivity contribution >= 4 is 0 Å². The average molecular weight is 279 g/mol. The van der Waals surface area contributed by atoms with Crippen LogP contribution in [0.25, 0.3) is 0 Å². The summed E-state index contributed by atoms with van der Waals surface area (Å²) in [6.45, 7) is 3.01. The van der Waals surface area contributed by atoms with Gasteiger partial charge in [0, 0.05) is 12.6 Å². The molecule has 1 aliphatic rings. The van der Waals surface area contributed by atoms with Gasteiger partial charge in [0.25, 0.3) is 0 Å². The summed E-state index contributed by atoms with van der Waals surface area (Å²) >= 11 is 0. The largest absolute Gasteiger partial charge is 0.454 e. The second kappa shape index (κ2) is 6.92. The summed E-state index contributed by atoms with van der Waals surface area (Å²) in [7, 11) is 6.31. The van der Waals surface area contributed by atoms with Crippen molar-refractivity contribution in [1.29, 1.82) is 0 Å². The molecule has 0 bridgehead atoms. The van der Waals surface area contributed by atoms with E-state index in [2.05, 4.69) is 37.0 Å². The van der Waals surface area contributed by atoms with Crippen LogP contribution >= 0.6 is 0 Å². The fraction of sp³-hybridized carbons (Fsp3) is 0.600. The fourth-order valence-electron chi connectivity index (χ4n) is 2.48. The SMILES string of the molecule is CN(C)CCCN(C)C(CN)c1ccc2c(c1)OCO2. The van der Waals surface area contributed by atoms with Gasteiger partial charge in [0.15, 0.2) is 11.5 Å². The van der Waals surface area contributed by atoms with Gasteiger partial charge in [-0.2, -0.15) is 0 Å². The van der Waals surface area contributed by atoms with Crippen LogP contribution in [-0.2, 0) is 0 Å². The number of hydrogen-bond donors (Lipinski definition) is 1. The predicted octanol–water partition coefficient (Wildman–Crippen LogP) is 1.30. The number of ether oxygens (including phenoxy) is 2. The Balaban J connectivity index is 2.00. The van der Waals surface area contributed by atoms with Gasteiger partial charge < -0.3 is 20.1 Å². The summed E-state index contributed by atoms with van der Waals surface area (Å²) in [5.41, 5.74) is 7.14. The van der Waals surface area contributed by atoms with Gasteiger partial charge in [-0.15, -0.1) is 0 Å². The monoisotopic (exact) mass is 279 g/mol. The van der Waals surface area contributed by atoms with Gasteiger partial charge in [-0.25, -0.2) is 0 Å². The molecule has 20 heavy (non-hydrogen) atoms. The van der Waals surface area contributed by atoms with E-state index < -0.39 is 0 Å². The predicted molar refractivity (Wildman–Crippen MR) is 80.2 cm³/mol. The maximum atomic E-state index is 5.96. The number of fused-ring (bicyclic) bond motifs is 1. The van der Waals surface area contributed by atoms with Crippen LogP contribution < -0.4 is 15.2 Å². The highest BCUT2D eigenvalue weighted by Crippen LogP contribution is 2.35. The molecule has 1 aromatic carbocycles. The molecule has 0 aliphatic carbocycles. The fourth-order valence-corrected chi connectivity index (χ4v) is 2.48. The summed E-state index contributed by atoms with van der Waals surface area (Å²) in [5, 5.41) is 0. The van der Waals surface area contributed by atoms with E-state index in [-0.39, 0.29) is 6.04 Å². The number of hydrogen-bond acceptors (Lipinski definition) is 5. The summed E-state index contributed by atoms with van der Waals surface area (Å²) in [6.07, 6.45) is 1.13. The zero-order chi connectivity index (χ0) is 14.5. The molecule has 0 spiro atoms. The molecule has 0 fully saturated rings. The van der Waals surface area contributed by atoms with E-state index in [1.54, 1.807) is 0 Å². The normalized spacial score (nSPS) is 15.1. The maximum absolute atomic E-state index is 5.96. The Hall–Kier alpha value is -1.30. The second-order valence-electron chi connectivity index (χ2n) is 5.50. The van der Waals surface area contributed by atoms with Crippen LogP contribution in [0.5, 0.6) is 11.5 Å². The van der Waals surface area contributed by atoms with Gasteiger partial charge in [0.2, 0.25) is 6.79 Å². The molecule has 1 aliphatic heterocycles. The third-order valence-corrected chi connectivity index (χ3v) is 3.65. The number of likely N-dealkylation sites (N-methyl/N-ethyl adjacent to an activating group) is 1. The van der Waals surface area contributed by atoms with Crippen molar-refractivity contribution < 1.29 is 9.47 Å². The molecule has 0 aromatic heterocycles. The highest BCUT2D eigenvalue weighted by atomic mass is 16.7. The van der Waals surface area contributed by atoms with Gasteiger partial charge in [-0.1, -0.05) is 6.07 Å². The van der Waals surface area contributed by atoms with Crippen LogP contribution in [-0.4, -0.2) is 57.4 Å². The summed E-state index contributed by atoms with van der Waals surface area (Å²) in [5.74, 6) is 1.64. The van der Waals surface area contributed by atoms with Crippen LogP contribution in [0.3, 0.4) is 0 Å². The quantitative estimate of drug-likeness (QED) is 0.815. The molecule has 0 amide bonds. The van der Waals surface area contributed by atoms with Crippen molar-refractivity contribution in [1.82, 2.24) is 9.80 Å². The standard InChI is InChI=1S/C15H25N3O2/c1-17(2)7-4-8-18(3)13(10-16)12-5-6-14-15(9-12)20-11-19-14/h5-6,9,13H,4,7-8,10-11,16H2,1-3H3. The number of rotatable bonds is 7. The van der Waals surface area contributed by atoms with Gasteiger partial charge in [-0.05, 0) is 58.3 Å². The molecule has 5 nitrogen and oxygen atoms in total. The lowest BCUT2D eigenvalue weighted by Gasteiger charge is -2.28. The molecule has 1 aromatic rings. The summed E-state index contributed by atoms with van der Waals surface area (Å²) < 4.78 is 10.8. The van der Waals surface area contributed by atoms with Crippen LogP contribution in [0.1, 0.15) is 18.0 Å². The number of nitrogens with zero attached hydrogens (tertiary/aromatic N) is 2. The summed E-state index contributed by atoms with van der Waals surface area (Å²) in [4.78, 5) is 4.51. The average Bonchev–Trinajstić information content (AvgIpc) is 2.86. The van der Waals surface area contributed by atoms with Gasteiger partial charge in [-0.3, -0.25) is 4.90 Å². The zero-order valence-electron chi connectivity index (χ0n) is 12.6. The Morgan fingerprint density at radius 2 is 1.90 bits per heavy atom. The van der Waals surface area contributed by atoms with E-state index in [1.165, 1.54) is 5.56 Å². The van der Waals surface area contributed by atoms with Crippen LogP contribution in [0.2, 0.25) is 0 Å². The molecule has 1 atom stereocenters. The molecule has 2 N–H and O–H groups in total. The Bertz CT molecular complexity index is 437. The third kappa shape index (κ3) is 3.62. The van der Waals surface area contributed by atoms with Gasteiger partial charge in [0.05, 0.1) is 0 Å². The van der Waals surface area contributed by atoms with Crippen molar-refractivity contribution in [2.75, 3.05) is 47.6 Å². The first-order valence-electron chi connectivity index (χ1n) is 7.06. The minimum Gasteiger partial charge on any atom is -0.454 e. The van der Waals surface area contributed by atoms with E-state index in [9.17, 15) is 0 Å². The molecule has 2 rings (SSSR count). The van der Waals surface area contributed by atoms with Crippen LogP contribution in [0.15, 0.2) is 18.2 Å². The molecule has 112 valence electrons. The van der Waals surface area contributed by atoms with Crippen molar-refractivity contribution in [3.63, 3.8) is 0 Å². The molecule has 1 unspecified atom stereocenters. The minimum absolute atomic E-state index is 0.215. The lowest BCUT2D eigenvalue weighted by molar-refractivity contribution is 0.173. The molecule has 1 heterocycles. The molecular weight excluding hydrogens is 254 g/mol. The minimum atomic E-state index is 0.215. The topological polar surface area (TPSA) is 51.0 Å². The third-order valence-electron chi connectivity index (χ3n) is 3.65. The first-order chi connectivity index (χ1) is 9.61. The smallest absolute Gasteiger partial charge is 0.231 e. The summed E-state index contributed by atoms with van der Waals surface area (Å²) in [6, 6.07) is 6.30. The highest BCUT2D eigenvalue weighted by molar-refractivity contribution is 5.45. The van der Waals surface area contributed by atoms with Crippen molar-refractivity contribution in [2.24, 2.45) is 5.73 Å². The maximum Gasteiger partial charge on any atom is 0.231 e. The Kier molecular flexibility index (Phi) is 5.23. The van der Waals surface area contributed by atoms with Crippen molar-refractivity contribution in [2.45, 2.75) is 12.5 Å². The van der Waals surface area contributed by atoms with Crippen LogP contribution in [0.4, 0.5) is 0 Å². The zero-order valence-corrected chi connectivity index (χ0v) is 12.6. The molecule has 0 saturated carbocycles. The molecule has 0 radical (unpaired) electrons. The Labute approximate surface area is 121 Å². The van der Waals surface area contributed by atoms with E-state index in [4.69, 9.17) is 15.2 Å². The molecule has 0 saturated heterocycles. The first-order valence-corrected chi connectivity index (χ1v) is 7.06. The number of nitrogens with two attached hydrogens (primary N) is 1. The molecule has 5 heteroatoms. The van der Waals surface area contributed by atoms with E-state index in [1.807, 2.05) is 12.1 Å². The molecular formula is C15H25N3O2. The Morgan fingerprint density at radius 3 is 2.60 bits per heavy atom. The first kappa shape index (κ1) is 15.1. The van der Waals surface area contributed by atoms with Gasteiger partial charge >= 0.3 is 0 Å². The van der Waals surface area contributed by atoms with E-state index in [0.717, 1.165) is 31.0 Å². The van der Waals surface area contributed by atoms with Gasteiger partial charge in [0.1, 0.15) is 0 Å². The lowest BCUT2D eigenvalue weighted by Crippen LogP contribution is -2.32. The van der Waals surface area contributed by atoms with Crippen molar-refractivity contribution in [3.05, 3.63) is 23.8 Å². The second-order valence-corrected chi connectivity index (χ2v) is 5.50. The van der Waals surface area contributed by atoms with Crippen LogP contribution in [0, 0.1) is 0 Å². The van der Waals surface area contributed by atoms with E-state index in [0.29, 0.717) is 13.3 Å². The number of benzene rings is 1. The van der Waals surface area contributed by atoms with E-state index >= 15 is 0 Å². The Morgan fingerprint density at radius 1 is 1.15 bits per heavy atom. The van der Waals surface area contributed by atoms with Crippen molar-refractivity contribution in [3.8, 4) is 11.5 Å². The highest BCUT2D eigenvalue weighted by Gasteiger charge is 2.19.